The van der Waals surface area contributed by atoms with E-state index < -0.39 is 0 Å². The summed E-state index contributed by atoms with van der Waals surface area (Å²) in [6.07, 6.45) is 2.45. The normalized spacial score (nSPS) is 11.9. The van der Waals surface area contributed by atoms with Gasteiger partial charge < -0.3 is 14.2 Å². The molecular weight excluding hydrogens is 418 g/mol. The lowest BCUT2D eigenvalue weighted by atomic mass is 9.97. The van der Waals surface area contributed by atoms with Gasteiger partial charge in [-0.2, -0.15) is 4.98 Å². The van der Waals surface area contributed by atoms with Crippen molar-refractivity contribution in [3.05, 3.63) is 94.0 Å². The molecule has 33 heavy (non-hydrogen) atoms. The number of aryl methyl sites for hydroxylation is 2. The first-order chi connectivity index (χ1) is 16.1. The molecule has 0 N–H and O–H groups in total. The van der Waals surface area contributed by atoms with Crippen LogP contribution in [0.15, 0.2) is 71.7 Å². The van der Waals surface area contributed by atoms with Crippen LogP contribution in [0.4, 0.5) is 0 Å². The van der Waals surface area contributed by atoms with Crippen LogP contribution in [0.2, 0.25) is 0 Å². The molecule has 0 saturated heterocycles. The second kappa shape index (κ2) is 8.78. The van der Waals surface area contributed by atoms with Gasteiger partial charge in [0.1, 0.15) is 18.1 Å². The highest BCUT2D eigenvalue weighted by atomic mass is 16.5. The van der Waals surface area contributed by atoms with Gasteiger partial charge in [-0.1, -0.05) is 12.1 Å². The Morgan fingerprint density at radius 1 is 1.00 bits per heavy atom. The van der Waals surface area contributed by atoms with Crippen LogP contribution >= 0.6 is 0 Å². The molecule has 1 aliphatic rings. The van der Waals surface area contributed by atoms with Crippen molar-refractivity contribution >= 4 is 0 Å². The van der Waals surface area contributed by atoms with E-state index in [9.17, 15) is 4.79 Å². The first-order valence-corrected chi connectivity index (χ1v) is 10.7. The van der Waals surface area contributed by atoms with Gasteiger partial charge in [-0.15, -0.1) is 0 Å². The molecule has 0 unspecified atom stereocenters. The highest BCUT2D eigenvalue weighted by molar-refractivity contribution is 5.67. The summed E-state index contributed by atoms with van der Waals surface area (Å²) in [4.78, 5) is 21.0. The van der Waals surface area contributed by atoms with E-state index >= 15 is 0 Å². The van der Waals surface area contributed by atoms with Crippen LogP contribution in [0.5, 0.6) is 23.3 Å². The summed E-state index contributed by atoms with van der Waals surface area (Å²) in [5, 5.41) is 0. The fraction of sp³-hybridized carbons (Fsp3) is 0.192. The zero-order valence-electron chi connectivity index (χ0n) is 18.4. The van der Waals surface area contributed by atoms with Crippen LogP contribution in [0.25, 0.3) is 11.3 Å². The summed E-state index contributed by atoms with van der Waals surface area (Å²) in [7, 11) is 1.65. The zero-order valence-corrected chi connectivity index (χ0v) is 18.4. The molecule has 0 spiro atoms. The summed E-state index contributed by atoms with van der Waals surface area (Å²) in [6.45, 7) is 2.83. The molecule has 0 bridgehead atoms. The lowest BCUT2D eigenvalue weighted by Crippen LogP contribution is -2.28. The quantitative estimate of drug-likeness (QED) is 0.437. The Bertz CT molecular complexity index is 1360. The Morgan fingerprint density at radius 3 is 2.70 bits per heavy atom. The number of nitrogens with zero attached hydrogens (tertiary/aromatic N) is 3. The van der Waals surface area contributed by atoms with Crippen LogP contribution in [-0.2, 0) is 19.6 Å². The molecule has 2 aromatic carbocycles. The van der Waals surface area contributed by atoms with Crippen molar-refractivity contribution in [1.29, 1.82) is 0 Å². The first-order valence-electron chi connectivity index (χ1n) is 10.7. The molecule has 0 saturated carbocycles. The zero-order chi connectivity index (χ0) is 22.8. The Balaban J connectivity index is 1.31. The topological polar surface area (TPSA) is 75.5 Å². The molecule has 0 amide bonds. The van der Waals surface area contributed by atoms with E-state index in [1.807, 2.05) is 61.5 Å². The van der Waals surface area contributed by atoms with Crippen molar-refractivity contribution in [2.45, 2.75) is 26.5 Å². The summed E-state index contributed by atoms with van der Waals surface area (Å²) < 4.78 is 18.6. The van der Waals surface area contributed by atoms with Gasteiger partial charge in [0, 0.05) is 36.0 Å². The van der Waals surface area contributed by atoms with Gasteiger partial charge in [-0.25, -0.2) is 9.78 Å². The molecular formula is C26H23N3O4. The second-order valence-corrected chi connectivity index (χ2v) is 7.90. The van der Waals surface area contributed by atoms with Gasteiger partial charge in [0.25, 0.3) is 0 Å². The standard InChI is InChI=1S/C26H23N3O4/c1-17-4-3-5-21(12-17)33-24-9-6-18(15-27-24)16-32-25-14-23-22-8-7-20(31-2)13-19(22)10-11-29(23)26(30)28-25/h3-9,12-15H,10-11,16H2,1-2H3. The third kappa shape index (κ3) is 4.43. The lowest BCUT2D eigenvalue weighted by Gasteiger charge is -2.22. The predicted octanol–water partition coefficient (Wildman–Crippen LogP) is 4.55. The number of hydrogen-bond donors (Lipinski definition) is 0. The van der Waals surface area contributed by atoms with Crippen molar-refractivity contribution in [3.63, 3.8) is 0 Å². The fourth-order valence-electron chi connectivity index (χ4n) is 3.90. The predicted molar refractivity (Wildman–Crippen MR) is 124 cm³/mol. The average molecular weight is 441 g/mol. The van der Waals surface area contributed by atoms with E-state index in [4.69, 9.17) is 14.2 Å². The van der Waals surface area contributed by atoms with Crippen molar-refractivity contribution < 1.29 is 14.2 Å². The number of ether oxygens (including phenoxy) is 3. The van der Waals surface area contributed by atoms with E-state index in [1.165, 1.54) is 0 Å². The minimum Gasteiger partial charge on any atom is -0.497 e. The summed E-state index contributed by atoms with van der Waals surface area (Å²) in [5.41, 5.74) is 4.58. The Labute approximate surface area is 191 Å². The molecule has 5 rings (SSSR count). The number of benzene rings is 2. The summed E-state index contributed by atoms with van der Waals surface area (Å²) in [5.74, 6) is 2.33. The number of fused-ring (bicyclic) bond motifs is 3. The molecule has 4 aromatic rings. The molecule has 2 aromatic heterocycles. The van der Waals surface area contributed by atoms with Crippen molar-refractivity contribution in [2.24, 2.45) is 0 Å². The number of rotatable bonds is 6. The largest absolute Gasteiger partial charge is 0.497 e. The first kappa shape index (κ1) is 20.8. The lowest BCUT2D eigenvalue weighted by molar-refractivity contribution is 0.290. The Hall–Kier alpha value is -4.13. The number of hydrogen-bond acceptors (Lipinski definition) is 6. The Morgan fingerprint density at radius 2 is 1.91 bits per heavy atom. The van der Waals surface area contributed by atoms with Gasteiger partial charge in [0.05, 0.1) is 12.8 Å². The van der Waals surface area contributed by atoms with Gasteiger partial charge in [0.15, 0.2) is 0 Å². The van der Waals surface area contributed by atoms with E-state index in [2.05, 4.69) is 9.97 Å². The number of pyridine rings is 1. The van der Waals surface area contributed by atoms with Crippen LogP contribution in [0.3, 0.4) is 0 Å². The molecule has 7 heteroatoms. The molecule has 7 nitrogen and oxygen atoms in total. The summed E-state index contributed by atoms with van der Waals surface area (Å²) >= 11 is 0. The van der Waals surface area contributed by atoms with Gasteiger partial charge in [-0.3, -0.25) is 4.57 Å². The maximum Gasteiger partial charge on any atom is 0.351 e. The maximum atomic E-state index is 12.6. The van der Waals surface area contributed by atoms with Gasteiger partial charge >= 0.3 is 5.69 Å². The van der Waals surface area contributed by atoms with E-state index in [-0.39, 0.29) is 18.2 Å². The van der Waals surface area contributed by atoms with E-state index in [1.54, 1.807) is 23.9 Å². The highest BCUT2D eigenvalue weighted by Gasteiger charge is 2.19. The smallest absolute Gasteiger partial charge is 0.351 e. The third-order valence-electron chi connectivity index (χ3n) is 5.58. The molecule has 0 radical (unpaired) electrons. The molecule has 1 aliphatic heterocycles. The van der Waals surface area contributed by atoms with Crippen molar-refractivity contribution in [2.75, 3.05) is 7.11 Å². The fourth-order valence-corrected chi connectivity index (χ4v) is 3.90. The average Bonchev–Trinajstić information content (AvgIpc) is 2.83. The molecule has 0 atom stereocenters. The van der Waals surface area contributed by atoms with Crippen LogP contribution < -0.4 is 19.9 Å². The van der Waals surface area contributed by atoms with E-state index in [0.717, 1.165) is 45.9 Å². The van der Waals surface area contributed by atoms with Crippen LogP contribution in [0.1, 0.15) is 16.7 Å². The van der Waals surface area contributed by atoms with Crippen molar-refractivity contribution in [3.8, 4) is 34.5 Å². The molecule has 0 fully saturated rings. The van der Waals surface area contributed by atoms with Gasteiger partial charge in [-0.05, 0) is 60.9 Å². The number of aromatic nitrogens is 3. The molecule has 3 heterocycles. The number of methoxy groups -OCH3 is 1. The minimum absolute atomic E-state index is 0.239. The van der Waals surface area contributed by atoms with Crippen LogP contribution in [-0.4, -0.2) is 21.6 Å². The van der Waals surface area contributed by atoms with Crippen LogP contribution in [0, 0.1) is 6.92 Å². The van der Waals surface area contributed by atoms with Gasteiger partial charge in [0.2, 0.25) is 11.8 Å². The third-order valence-corrected chi connectivity index (χ3v) is 5.58. The summed E-state index contributed by atoms with van der Waals surface area (Å²) in [6, 6.07) is 19.2. The maximum absolute atomic E-state index is 12.6. The molecule has 0 aliphatic carbocycles. The van der Waals surface area contributed by atoms with E-state index in [0.29, 0.717) is 12.4 Å². The Kier molecular flexibility index (Phi) is 5.52. The van der Waals surface area contributed by atoms with Crippen molar-refractivity contribution in [1.82, 2.24) is 14.5 Å². The minimum atomic E-state index is -0.316. The second-order valence-electron chi connectivity index (χ2n) is 7.90. The highest BCUT2D eigenvalue weighted by Crippen LogP contribution is 2.32. The monoisotopic (exact) mass is 441 g/mol. The SMILES string of the molecule is COc1ccc2c(c1)CCn1c-2cc(OCc2ccc(Oc3cccc(C)c3)nc2)nc1=O. The molecule has 166 valence electrons.